The number of ether oxygens (including phenoxy) is 2. The number of nitrogens with zero attached hydrogens (tertiary/aromatic N) is 3. The Labute approximate surface area is 167 Å². The standard InChI is InChI=1S/C18H28N4O2.HI/c1-3-10-24-16-15(5-4-8-20-16)12-21-17(19-2)22-9-6-18(13-22)7-11-23-14-18;/h4-5,8H,3,6-7,9-14H2,1-2H3,(H,19,21);1H. The molecule has 1 spiro atoms. The largest absolute Gasteiger partial charge is 0.477 e. The Kier molecular flexibility index (Phi) is 7.74. The SMILES string of the molecule is CCCOc1ncccc1CNC(=NC)N1CCC2(CCOC2)C1.I. The molecule has 1 unspecified atom stereocenters. The molecule has 3 rings (SSSR count). The van der Waals surface area contributed by atoms with E-state index in [1.165, 1.54) is 6.42 Å². The summed E-state index contributed by atoms with van der Waals surface area (Å²) in [6, 6.07) is 3.99. The van der Waals surface area contributed by atoms with Gasteiger partial charge in [0.15, 0.2) is 5.96 Å². The highest BCUT2D eigenvalue weighted by Gasteiger charge is 2.42. The Morgan fingerprint density at radius 2 is 2.36 bits per heavy atom. The van der Waals surface area contributed by atoms with Gasteiger partial charge in [-0.3, -0.25) is 4.99 Å². The molecular weight excluding hydrogens is 431 g/mol. The molecule has 2 saturated heterocycles. The summed E-state index contributed by atoms with van der Waals surface area (Å²) in [4.78, 5) is 11.1. The van der Waals surface area contributed by atoms with Crippen LogP contribution in [0.1, 0.15) is 31.7 Å². The van der Waals surface area contributed by atoms with Gasteiger partial charge in [0.05, 0.1) is 13.2 Å². The summed E-state index contributed by atoms with van der Waals surface area (Å²) in [5.74, 6) is 1.66. The Morgan fingerprint density at radius 3 is 3.08 bits per heavy atom. The summed E-state index contributed by atoms with van der Waals surface area (Å²) >= 11 is 0. The highest BCUT2D eigenvalue weighted by Crippen LogP contribution is 2.38. The van der Waals surface area contributed by atoms with Crippen LogP contribution in [0.3, 0.4) is 0 Å². The van der Waals surface area contributed by atoms with Crippen LogP contribution in [0.5, 0.6) is 5.88 Å². The van der Waals surface area contributed by atoms with Gasteiger partial charge in [0, 0.05) is 50.5 Å². The number of aromatic nitrogens is 1. The summed E-state index contributed by atoms with van der Waals surface area (Å²) < 4.78 is 11.3. The molecule has 0 bridgehead atoms. The normalized spacial score (nSPS) is 23.0. The van der Waals surface area contributed by atoms with Crippen molar-refractivity contribution >= 4 is 29.9 Å². The van der Waals surface area contributed by atoms with Crippen LogP contribution in [0.25, 0.3) is 0 Å². The summed E-state index contributed by atoms with van der Waals surface area (Å²) in [6.07, 6.45) is 5.10. The zero-order valence-electron chi connectivity index (χ0n) is 15.2. The quantitative estimate of drug-likeness (QED) is 0.416. The second-order valence-corrected chi connectivity index (χ2v) is 6.69. The lowest BCUT2D eigenvalue weighted by molar-refractivity contribution is 0.156. The highest BCUT2D eigenvalue weighted by molar-refractivity contribution is 14.0. The smallest absolute Gasteiger partial charge is 0.218 e. The second kappa shape index (κ2) is 9.56. The van der Waals surface area contributed by atoms with E-state index in [1.54, 1.807) is 6.20 Å². The van der Waals surface area contributed by atoms with Gasteiger partial charge in [0.1, 0.15) is 0 Å². The van der Waals surface area contributed by atoms with Crippen LogP contribution in [-0.4, -0.2) is 55.8 Å². The molecule has 2 fully saturated rings. The molecule has 0 aromatic carbocycles. The van der Waals surface area contributed by atoms with Gasteiger partial charge >= 0.3 is 0 Å². The van der Waals surface area contributed by atoms with Gasteiger partial charge in [-0.05, 0) is 25.3 Å². The average Bonchev–Trinajstić information content (AvgIpc) is 3.25. The molecular formula is C18H29IN4O2. The van der Waals surface area contributed by atoms with Gasteiger partial charge in [-0.25, -0.2) is 4.98 Å². The molecule has 0 radical (unpaired) electrons. The van der Waals surface area contributed by atoms with Crippen LogP contribution in [0.4, 0.5) is 0 Å². The van der Waals surface area contributed by atoms with Gasteiger partial charge < -0.3 is 19.7 Å². The summed E-state index contributed by atoms with van der Waals surface area (Å²) in [7, 11) is 1.84. The Hall–Kier alpha value is -1.09. The number of aliphatic imine (C=N–C) groups is 1. The number of rotatable bonds is 5. The summed E-state index contributed by atoms with van der Waals surface area (Å²) in [5.41, 5.74) is 1.40. The van der Waals surface area contributed by atoms with E-state index in [2.05, 4.69) is 33.2 Å². The first-order valence-electron chi connectivity index (χ1n) is 8.86. The lowest BCUT2D eigenvalue weighted by atomic mass is 9.87. The number of nitrogens with one attached hydrogen (secondary N) is 1. The minimum Gasteiger partial charge on any atom is -0.477 e. The van der Waals surface area contributed by atoms with Crippen LogP contribution in [0.15, 0.2) is 23.3 Å². The van der Waals surface area contributed by atoms with E-state index >= 15 is 0 Å². The van der Waals surface area contributed by atoms with Crippen molar-refractivity contribution in [1.29, 1.82) is 0 Å². The van der Waals surface area contributed by atoms with Crippen molar-refractivity contribution in [3.63, 3.8) is 0 Å². The zero-order valence-corrected chi connectivity index (χ0v) is 17.5. The van der Waals surface area contributed by atoms with Crippen LogP contribution in [0, 0.1) is 5.41 Å². The number of pyridine rings is 1. The van der Waals surface area contributed by atoms with Crippen molar-refractivity contribution in [3.8, 4) is 5.88 Å². The second-order valence-electron chi connectivity index (χ2n) is 6.69. The summed E-state index contributed by atoms with van der Waals surface area (Å²) in [6.45, 7) is 7.30. The van der Waals surface area contributed by atoms with Crippen LogP contribution in [-0.2, 0) is 11.3 Å². The first-order valence-corrected chi connectivity index (χ1v) is 8.86. The third-order valence-electron chi connectivity index (χ3n) is 4.86. The van der Waals surface area contributed by atoms with Crippen molar-refractivity contribution in [3.05, 3.63) is 23.9 Å². The average molecular weight is 460 g/mol. The van der Waals surface area contributed by atoms with E-state index < -0.39 is 0 Å². The van der Waals surface area contributed by atoms with E-state index in [1.807, 2.05) is 13.1 Å². The molecule has 2 aliphatic rings. The first-order chi connectivity index (χ1) is 11.8. The number of hydrogen-bond donors (Lipinski definition) is 1. The number of halogens is 1. The topological polar surface area (TPSA) is 59.0 Å². The van der Waals surface area contributed by atoms with Gasteiger partial charge in [0.2, 0.25) is 5.88 Å². The Morgan fingerprint density at radius 1 is 1.48 bits per heavy atom. The van der Waals surface area contributed by atoms with E-state index in [0.717, 1.165) is 50.7 Å². The monoisotopic (exact) mass is 460 g/mol. The van der Waals surface area contributed by atoms with E-state index in [-0.39, 0.29) is 24.0 Å². The van der Waals surface area contributed by atoms with Crippen molar-refractivity contribution in [1.82, 2.24) is 15.2 Å². The summed E-state index contributed by atoms with van der Waals surface area (Å²) in [5, 5.41) is 3.47. The zero-order chi connectivity index (χ0) is 16.8. The van der Waals surface area contributed by atoms with Crippen LogP contribution < -0.4 is 10.1 Å². The molecule has 25 heavy (non-hydrogen) atoms. The predicted octanol–water partition coefficient (Wildman–Crippen LogP) is 2.68. The van der Waals surface area contributed by atoms with Gasteiger partial charge in [-0.2, -0.15) is 0 Å². The molecule has 0 aliphatic carbocycles. The van der Waals surface area contributed by atoms with Crippen molar-refractivity contribution in [2.75, 3.05) is 40.0 Å². The molecule has 1 aromatic rings. The highest BCUT2D eigenvalue weighted by atomic mass is 127. The van der Waals surface area contributed by atoms with E-state index in [0.29, 0.717) is 24.4 Å². The molecule has 1 aromatic heterocycles. The van der Waals surface area contributed by atoms with E-state index in [4.69, 9.17) is 9.47 Å². The Balaban J connectivity index is 0.00000225. The molecule has 6 nitrogen and oxygen atoms in total. The molecule has 3 heterocycles. The molecule has 0 amide bonds. The minimum absolute atomic E-state index is 0. The predicted molar refractivity (Wildman–Crippen MR) is 110 cm³/mol. The molecule has 1 N–H and O–H groups in total. The van der Waals surface area contributed by atoms with Crippen LogP contribution >= 0.6 is 24.0 Å². The molecule has 1 atom stereocenters. The van der Waals surface area contributed by atoms with E-state index in [9.17, 15) is 0 Å². The van der Waals surface area contributed by atoms with Gasteiger partial charge in [-0.1, -0.05) is 13.0 Å². The number of guanidine groups is 1. The maximum Gasteiger partial charge on any atom is 0.218 e. The molecule has 2 aliphatic heterocycles. The molecule has 140 valence electrons. The third kappa shape index (κ3) is 4.97. The molecule has 7 heteroatoms. The third-order valence-corrected chi connectivity index (χ3v) is 4.86. The fourth-order valence-electron chi connectivity index (χ4n) is 3.48. The fourth-order valence-corrected chi connectivity index (χ4v) is 3.48. The lowest BCUT2D eigenvalue weighted by Crippen LogP contribution is -2.41. The number of hydrogen-bond acceptors (Lipinski definition) is 4. The van der Waals surface area contributed by atoms with Gasteiger partial charge in [-0.15, -0.1) is 24.0 Å². The minimum atomic E-state index is 0. The first kappa shape index (κ1) is 20.2. The number of likely N-dealkylation sites (tertiary alicyclic amines) is 1. The maximum atomic E-state index is 5.73. The van der Waals surface area contributed by atoms with Crippen molar-refractivity contribution in [2.24, 2.45) is 10.4 Å². The van der Waals surface area contributed by atoms with Crippen molar-refractivity contribution in [2.45, 2.75) is 32.7 Å². The molecule has 0 saturated carbocycles. The lowest BCUT2D eigenvalue weighted by Gasteiger charge is -2.25. The van der Waals surface area contributed by atoms with Crippen molar-refractivity contribution < 1.29 is 9.47 Å². The Bertz CT molecular complexity index is 576. The van der Waals surface area contributed by atoms with Gasteiger partial charge in [0.25, 0.3) is 0 Å². The fraction of sp³-hybridized carbons (Fsp3) is 0.667. The van der Waals surface area contributed by atoms with Crippen LogP contribution in [0.2, 0.25) is 0 Å². The maximum absolute atomic E-state index is 5.73.